The van der Waals surface area contributed by atoms with E-state index in [2.05, 4.69) is 10.3 Å². The van der Waals surface area contributed by atoms with Gasteiger partial charge in [0.15, 0.2) is 0 Å². The highest BCUT2D eigenvalue weighted by molar-refractivity contribution is 5.79. The molecule has 0 fully saturated rings. The number of carbonyl (C=O) groups is 1. The van der Waals surface area contributed by atoms with Crippen LogP contribution in [0.1, 0.15) is 5.56 Å². The Hall–Kier alpha value is -3.15. The van der Waals surface area contributed by atoms with Crippen LogP contribution in [0, 0.1) is 0 Å². The Morgan fingerprint density at radius 2 is 1.70 bits per heavy atom. The van der Waals surface area contributed by atoms with E-state index in [0.717, 1.165) is 5.56 Å². The standard InChI is InChI=1S/C17H15N3O3/c21-15(18-10-12-6-2-1-3-7-12)11-20-14-9-5-4-8-13(14)19-16(22)17(20)23/h1-9H,10-11H2,(H,18,21)(H,19,22). The van der Waals surface area contributed by atoms with Crippen molar-refractivity contribution in [1.82, 2.24) is 14.9 Å². The van der Waals surface area contributed by atoms with Gasteiger partial charge in [-0.2, -0.15) is 0 Å². The molecule has 23 heavy (non-hydrogen) atoms. The molecular formula is C17H15N3O3. The zero-order chi connectivity index (χ0) is 16.2. The highest BCUT2D eigenvalue weighted by Crippen LogP contribution is 2.06. The fourth-order valence-electron chi connectivity index (χ4n) is 2.38. The third kappa shape index (κ3) is 3.21. The van der Waals surface area contributed by atoms with E-state index in [1.807, 2.05) is 30.3 Å². The number of para-hydroxylation sites is 2. The van der Waals surface area contributed by atoms with E-state index in [4.69, 9.17) is 0 Å². The van der Waals surface area contributed by atoms with Gasteiger partial charge in [0, 0.05) is 6.54 Å². The van der Waals surface area contributed by atoms with Crippen molar-refractivity contribution in [3.63, 3.8) is 0 Å². The first-order valence-corrected chi connectivity index (χ1v) is 7.17. The topological polar surface area (TPSA) is 84.0 Å². The molecule has 2 aromatic carbocycles. The molecule has 0 bridgehead atoms. The molecule has 2 N–H and O–H groups in total. The minimum absolute atomic E-state index is 0.198. The third-order valence-corrected chi connectivity index (χ3v) is 3.52. The van der Waals surface area contributed by atoms with E-state index >= 15 is 0 Å². The maximum absolute atomic E-state index is 12.1. The van der Waals surface area contributed by atoms with Gasteiger partial charge in [-0.05, 0) is 17.7 Å². The Bertz CT molecular complexity index is 958. The quantitative estimate of drug-likeness (QED) is 0.705. The number of amides is 1. The van der Waals surface area contributed by atoms with E-state index in [1.165, 1.54) is 4.57 Å². The summed E-state index contributed by atoms with van der Waals surface area (Å²) in [5, 5.41) is 2.75. The van der Waals surface area contributed by atoms with Crippen LogP contribution in [-0.2, 0) is 17.9 Å². The van der Waals surface area contributed by atoms with Crippen LogP contribution in [0.3, 0.4) is 0 Å². The minimum Gasteiger partial charge on any atom is -0.350 e. The number of nitrogens with one attached hydrogen (secondary N) is 2. The Morgan fingerprint density at radius 3 is 2.48 bits per heavy atom. The summed E-state index contributed by atoms with van der Waals surface area (Å²) in [5.74, 6) is -0.327. The molecule has 1 aromatic heterocycles. The van der Waals surface area contributed by atoms with Crippen molar-refractivity contribution in [3.8, 4) is 0 Å². The highest BCUT2D eigenvalue weighted by Gasteiger charge is 2.10. The summed E-state index contributed by atoms with van der Waals surface area (Å²) in [6.07, 6.45) is 0. The molecule has 0 saturated heterocycles. The maximum atomic E-state index is 12.1. The Labute approximate surface area is 131 Å². The van der Waals surface area contributed by atoms with Crippen molar-refractivity contribution >= 4 is 16.9 Å². The minimum atomic E-state index is -0.737. The number of carbonyl (C=O) groups excluding carboxylic acids is 1. The summed E-state index contributed by atoms with van der Waals surface area (Å²) in [4.78, 5) is 38.3. The predicted octanol–water partition coefficient (Wildman–Crippen LogP) is 1.01. The van der Waals surface area contributed by atoms with Crippen molar-refractivity contribution in [2.24, 2.45) is 0 Å². The van der Waals surface area contributed by atoms with Crippen LogP contribution in [0.25, 0.3) is 11.0 Å². The van der Waals surface area contributed by atoms with Crippen molar-refractivity contribution in [2.45, 2.75) is 13.1 Å². The number of aromatic nitrogens is 2. The van der Waals surface area contributed by atoms with E-state index < -0.39 is 11.1 Å². The average Bonchev–Trinajstić information content (AvgIpc) is 2.58. The van der Waals surface area contributed by atoms with Gasteiger partial charge in [0.2, 0.25) is 5.91 Å². The fraction of sp³-hybridized carbons (Fsp3) is 0.118. The number of benzene rings is 2. The Balaban J connectivity index is 1.84. The summed E-state index contributed by atoms with van der Waals surface area (Å²) in [7, 11) is 0. The molecule has 3 rings (SSSR count). The van der Waals surface area contributed by atoms with E-state index in [1.54, 1.807) is 24.3 Å². The summed E-state index contributed by atoms with van der Waals surface area (Å²) in [6, 6.07) is 16.3. The van der Waals surface area contributed by atoms with Crippen LogP contribution in [-0.4, -0.2) is 15.5 Å². The molecule has 0 atom stereocenters. The van der Waals surface area contributed by atoms with Crippen molar-refractivity contribution in [3.05, 3.63) is 80.9 Å². The van der Waals surface area contributed by atoms with Gasteiger partial charge in [0.1, 0.15) is 6.54 Å². The number of aromatic amines is 1. The van der Waals surface area contributed by atoms with Crippen LogP contribution < -0.4 is 16.4 Å². The lowest BCUT2D eigenvalue weighted by Crippen LogP contribution is -2.40. The van der Waals surface area contributed by atoms with Gasteiger partial charge in [0.25, 0.3) is 0 Å². The molecule has 6 heteroatoms. The van der Waals surface area contributed by atoms with E-state index in [0.29, 0.717) is 17.6 Å². The molecule has 1 amide bonds. The van der Waals surface area contributed by atoms with Crippen LogP contribution >= 0.6 is 0 Å². The van der Waals surface area contributed by atoms with Crippen LogP contribution in [0.2, 0.25) is 0 Å². The number of fused-ring (bicyclic) bond motifs is 1. The number of H-pyrrole nitrogens is 1. The SMILES string of the molecule is O=C(Cn1c(=O)c(=O)[nH]c2ccccc21)NCc1ccccc1. The normalized spacial score (nSPS) is 10.6. The summed E-state index contributed by atoms with van der Waals surface area (Å²) in [6.45, 7) is 0.172. The zero-order valence-electron chi connectivity index (χ0n) is 12.3. The smallest absolute Gasteiger partial charge is 0.317 e. The van der Waals surface area contributed by atoms with Gasteiger partial charge in [0.05, 0.1) is 11.0 Å². The van der Waals surface area contributed by atoms with Gasteiger partial charge < -0.3 is 10.3 Å². The van der Waals surface area contributed by atoms with Crippen molar-refractivity contribution in [2.75, 3.05) is 0 Å². The highest BCUT2D eigenvalue weighted by atomic mass is 16.2. The first kappa shape index (κ1) is 14.8. The molecular weight excluding hydrogens is 294 g/mol. The van der Waals surface area contributed by atoms with Gasteiger partial charge in [-0.1, -0.05) is 42.5 Å². The fourth-order valence-corrected chi connectivity index (χ4v) is 2.38. The number of hydrogen-bond acceptors (Lipinski definition) is 3. The summed E-state index contributed by atoms with van der Waals surface area (Å²) >= 11 is 0. The molecule has 0 unspecified atom stereocenters. The van der Waals surface area contributed by atoms with E-state index in [-0.39, 0.29) is 12.5 Å². The van der Waals surface area contributed by atoms with Gasteiger partial charge in [-0.15, -0.1) is 0 Å². The largest absolute Gasteiger partial charge is 0.350 e. The summed E-state index contributed by atoms with van der Waals surface area (Å²) < 4.78 is 1.19. The van der Waals surface area contributed by atoms with Crippen molar-refractivity contribution in [1.29, 1.82) is 0 Å². The molecule has 6 nitrogen and oxygen atoms in total. The lowest BCUT2D eigenvalue weighted by Gasteiger charge is -2.10. The average molecular weight is 309 g/mol. The Morgan fingerprint density at radius 1 is 1.00 bits per heavy atom. The lowest BCUT2D eigenvalue weighted by atomic mass is 10.2. The Kier molecular flexibility index (Phi) is 4.05. The van der Waals surface area contributed by atoms with Gasteiger partial charge >= 0.3 is 11.1 Å². The molecule has 0 saturated carbocycles. The predicted molar refractivity (Wildman–Crippen MR) is 87.1 cm³/mol. The second-order valence-electron chi connectivity index (χ2n) is 5.12. The monoisotopic (exact) mass is 309 g/mol. The molecule has 0 aliphatic rings. The first-order valence-electron chi connectivity index (χ1n) is 7.17. The second-order valence-corrected chi connectivity index (χ2v) is 5.12. The van der Waals surface area contributed by atoms with Crippen LogP contribution in [0.4, 0.5) is 0 Å². The molecule has 0 radical (unpaired) electrons. The van der Waals surface area contributed by atoms with Crippen LogP contribution in [0.15, 0.2) is 64.2 Å². The maximum Gasteiger partial charge on any atom is 0.317 e. The number of nitrogens with zero attached hydrogens (tertiary/aromatic N) is 1. The first-order chi connectivity index (χ1) is 11.1. The second kappa shape index (κ2) is 6.31. The molecule has 1 heterocycles. The summed E-state index contributed by atoms with van der Waals surface area (Å²) in [5.41, 5.74) is 0.530. The van der Waals surface area contributed by atoms with Crippen molar-refractivity contribution < 1.29 is 4.79 Å². The molecule has 0 aliphatic heterocycles. The van der Waals surface area contributed by atoms with Gasteiger partial charge in [-0.25, -0.2) is 0 Å². The van der Waals surface area contributed by atoms with Crippen LogP contribution in [0.5, 0.6) is 0 Å². The number of hydrogen-bond donors (Lipinski definition) is 2. The molecule has 0 spiro atoms. The lowest BCUT2D eigenvalue weighted by molar-refractivity contribution is -0.121. The molecule has 0 aliphatic carbocycles. The van der Waals surface area contributed by atoms with E-state index in [9.17, 15) is 14.4 Å². The number of rotatable bonds is 4. The van der Waals surface area contributed by atoms with Gasteiger partial charge in [-0.3, -0.25) is 19.0 Å². The zero-order valence-corrected chi connectivity index (χ0v) is 12.3. The third-order valence-electron chi connectivity index (χ3n) is 3.52. The molecule has 3 aromatic rings. The molecule has 116 valence electrons.